The maximum Gasteiger partial charge on any atom is 0.414 e. The van der Waals surface area contributed by atoms with Gasteiger partial charge < -0.3 is 24.4 Å². The molecule has 0 bridgehead atoms. The van der Waals surface area contributed by atoms with Crippen LogP contribution in [0.2, 0.25) is 9.36 Å². The molecular formula is C20H19Cl2N3O6S. The summed E-state index contributed by atoms with van der Waals surface area (Å²) in [6, 6.07) is 6.45. The van der Waals surface area contributed by atoms with Crippen LogP contribution in [0, 0.1) is 0 Å². The van der Waals surface area contributed by atoms with Gasteiger partial charge in [-0.05, 0) is 18.2 Å². The summed E-state index contributed by atoms with van der Waals surface area (Å²) >= 11 is 13.5. The number of rotatable bonds is 6. The molecule has 0 spiro atoms. The summed E-state index contributed by atoms with van der Waals surface area (Å²) in [6.45, 7) is 1.06. The number of cyclic esters (lactones) is 1. The van der Waals surface area contributed by atoms with Crippen LogP contribution in [0.4, 0.5) is 16.2 Å². The lowest BCUT2D eigenvalue weighted by Gasteiger charge is -2.29. The standard InChI is InChI=1S/C20H19Cl2N3O6S/c1-29-15-7-13(24-4-5-30-10-18(24)26)12(21)6-14(15)25-9-11(31-20(25)28)8-23-19(27)16-2-3-17(22)32-16/h2-3,6-7,11H,4-5,8-10H2,1H3,(H,23,27)/t11-/m0/s1. The summed E-state index contributed by atoms with van der Waals surface area (Å²) in [5.41, 5.74) is 0.886. The molecule has 0 unspecified atom stereocenters. The average molecular weight is 500 g/mol. The van der Waals surface area contributed by atoms with Crippen molar-refractivity contribution < 1.29 is 28.6 Å². The van der Waals surface area contributed by atoms with Crippen LogP contribution in [0.25, 0.3) is 0 Å². The number of hydrogen-bond donors (Lipinski definition) is 1. The molecule has 1 atom stereocenters. The van der Waals surface area contributed by atoms with Crippen molar-refractivity contribution in [3.8, 4) is 5.75 Å². The third-order valence-electron chi connectivity index (χ3n) is 4.98. The van der Waals surface area contributed by atoms with Gasteiger partial charge in [-0.15, -0.1) is 11.3 Å². The van der Waals surface area contributed by atoms with E-state index in [-0.39, 0.29) is 36.5 Å². The van der Waals surface area contributed by atoms with Crippen LogP contribution in [0.3, 0.4) is 0 Å². The van der Waals surface area contributed by atoms with E-state index in [4.69, 9.17) is 37.4 Å². The van der Waals surface area contributed by atoms with Crippen molar-refractivity contribution in [2.75, 3.05) is 49.8 Å². The van der Waals surface area contributed by atoms with E-state index in [1.807, 2.05) is 0 Å². The Hall–Kier alpha value is -2.53. The van der Waals surface area contributed by atoms with Crippen molar-refractivity contribution in [3.05, 3.63) is 38.5 Å². The number of carbonyl (C=O) groups is 3. The second kappa shape index (κ2) is 9.53. The number of morpholine rings is 1. The Balaban J connectivity index is 1.48. The summed E-state index contributed by atoms with van der Waals surface area (Å²) < 4.78 is 16.5. The molecule has 1 aromatic heterocycles. The van der Waals surface area contributed by atoms with E-state index in [0.717, 1.165) is 11.3 Å². The first-order valence-corrected chi connectivity index (χ1v) is 11.2. The molecule has 0 aliphatic carbocycles. The molecule has 2 aliphatic heterocycles. The highest BCUT2D eigenvalue weighted by Gasteiger charge is 2.35. The molecule has 1 aromatic carbocycles. The van der Waals surface area contributed by atoms with Crippen LogP contribution in [-0.2, 0) is 14.3 Å². The Morgan fingerprint density at radius 1 is 1.25 bits per heavy atom. The van der Waals surface area contributed by atoms with Gasteiger partial charge in [-0.3, -0.25) is 14.5 Å². The lowest BCUT2D eigenvalue weighted by Crippen LogP contribution is -2.41. The fourth-order valence-corrected chi connectivity index (χ4v) is 4.66. The molecule has 1 N–H and O–H groups in total. The van der Waals surface area contributed by atoms with E-state index in [1.54, 1.807) is 24.3 Å². The van der Waals surface area contributed by atoms with Crippen LogP contribution >= 0.6 is 34.5 Å². The van der Waals surface area contributed by atoms with E-state index >= 15 is 0 Å². The highest BCUT2D eigenvalue weighted by atomic mass is 35.5. The van der Waals surface area contributed by atoms with Crippen LogP contribution in [0.1, 0.15) is 9.67 Å². The number of benzene rings is 1. The van der Waals surface area contributed by atoms with Gasteiger partial charge in [-0.25, -0.2) is 4.79 Å². The molecule has 3 amide bonds. The van der Waals surface area contributed by atoms with Crippen LogP contribution < -0.4 is 19.9 Å². The number of nitrogens with one attached hydrogen (secondary N) is 1. The molecule has 9 nitrogen and oxygen atoms in total. The minimum atomic E-state index is -0.590. The zero-order valence-electron chi connectivity index (χ0n) is 16.9. The lowest BCUT2D eigenvalue weighted by molar-refractivity contribution is -0.125. The zero-order valence-corrected chi connectivity index (χ0v) is 19.3. The van der Waals surface area contributed by atoms with Gasteiger partial charge in [-0.1, -0.05) is 23.2 Å². The minimum Gasteiger partial charge on any atom is -0.494 e. The predicted octanol–water partition coefficient (Wildman–Crippen LogP) is 3.18. The molecule has 2 aromatic rings. The third-order valence-corrected chi connectivity index (χ3v) is 6.51. The van der Waals surface area contributed by atoms with Crippen LogP contribution in [0.15, 0.2) is 24.3 Å². The molecule has 3 heterocycles. The first kappa shape index (κ1) is 22.7. The topological polar surface area (TPSA) is 97.4 Å². The number of thiophene rings is 1. The number of methoxy groups -OCH3 is 1. The summed E-state index contributed by atoms with van der Waals surface area (Å²) in [4.78, 5) is 40.3. The quantitative estimate of drug-likeness (QED) is 0.655. The summed E-state index contributed by atoms with van der Waals surface area (Å²) in [6.07, 6.45) is -1.15. The summed E-state index contributed by atoms with van der Waals surface area (Å²) in [7, 11) is 1.46. The van der Waals surface area contributed by atoms with Gasteiger partial charge in [0, 0.05) is 12.6 Å². The maximum absolute atomic E-state index is 12.5. The summed E-state index contributed by atoms with van der Waals surface area (Å²) in [5, 5.41) is 3.03. The highest BCUT2D eigenvalue weighted by Crippen LogP contribution is 2.40. The molecule has 2 saturated heterocycles. The number of hydrogen-bond acceptors (Lipinski definition) is 7. The minimum absolute atomic E-state index is 0.0239. The van der Waals surface area contributed by atoms with Gasteiger partial charge in [0.1, 0.15) is 18.5 Å². The molecule has 4 rings (SSSR count). The van der Waals surface area contributed by atoms with Crippen molar-refractivity contribution in [3.63, 3.8) is 0 Å². The van der Waals surface area contributed by atoms with Crippen molar-refractivity contribution >= 4 is 63.8 Å². The summed E-state index contributed by atoms with van der Waals surface area (Å²) in [5.74, 6) is -0.147. The SMILES string of the molecule is COc1cc(N2CCOCC2=O)c(Cl)cc1N1C[C@H](CNC(=O)c2ccc(Cl)s2)OC1=O. The van der Waals surface area contributed by atoms with Crippen LogP contribution in [0.5, 0.6) is 5.75 Å². The predicted molar refractivity (Wildman–Crippen MR) is 120 cm³/mol. The van der Waals surface area contributed by atoms with Crippen molar-refractivity contribution in [1.29, 1.82) is 0 Å². The van der Waals surface area contributed by atoms with Gasteiger partial charge in [0.2, 0.25) is 0 Å². The van der Waals surface area contributed by atoms with E-state index in [1.165, 1.54) is 16.9 Å². The number of nitrogens with zero attached hydrogens (tertiary/aromatic N) is 2. The van der Waals surface area contributed by atoms with Crippen molar-refractivity contribution in [1.82, 2.24) is 5.32 Å². The van der Waals surface area contributed by atoms with E-state index < -0.39 is 12.2 Å². The van der Waals surface area contributed by atoms with Gasteiger partial charge in [0.05, 0.1) is 52.4 Å². The molecule has 2 aliphatic rings. The molecule has 0 radical (unpaired) electrons. The maximum atomic E-state index is 12.5. The highest BCUT2D eigenvalue weighted by molar-refractivity contribution is 7.18. The van der Waals surface area contributed by atoms with E-state index in [9.17, 15) is 14.4 Å². The van der Waals surface area contributed by atoms with Gasteiger partial charge in [-0.2, -0.15) is 0 Å². The fraction of sp³-hybridized carbons (Fsp3) is 0.350. The zero-order chi connectivity index (χ0) is 22.8. The molecule has 0 saturated carbocycles. The van der Waals surface area contributed by atoms with E-state index in [0.29, 0.717) is 39.5 Å². The van der Waals surface area contributed by atoms with Gasteiger partial charge >= 0.3 is 6.09 Å². The second-order valence-corrected chi connectivity index (χ2v) is 9.13. The fourth-order valence-electron chi connectivity index (χ4n) is 3.44. The Kier molecular flexibility index (Phi) is 6.75. The number of ether oxygens (including phenoxy) is 3. The smallest absolute Gasteiger partial charge is 0.414 e. The normalized spacial score (nSPS) is 18.7. The molecule has 12 heteroatoms. The monoisotopic (exact) mass is 499 g/mol. The van der Waals surface area contributed by atoms with Crippen molar-refractivity contribution in [2.24, 2.45) is 0 Å². The third kappa shape index (κ3) is 4.63. The molecule has 32 heavy (non-hydrogen) atoms. The van der Waals surface area contributed by atoms with Gasteiger partial charge in [0.25, 0.3) is 11.8 Å². The molecule has 2 fully saturated rings. The molecular weight excluding hydrogens is 481 g/mol. The average Bonchev–Trinajstić information content (AvgIpc) is 3.38. The first-order valence-electron chi connectivity index (χ1n) is 9.64. The van der Waals surface area contributed by atoms with Crippen molar-refractivity contribution in [2.45, 2.75) is 6.10 Å². The lowest BCUT2D eigenvalue weighted by atomic mass is 10.2. The van der Waals surface area contributed by atoms with E-state index in [2.05, 4.69) is 5.32 Å². The Labute approximate surface area is 197 Å². The Bertz CT molecular complexity index is 1060. The van der Waals surface area contributed by atoms with Crippen LogP contribution in [-0.4, -0.2) is 64.0 Å². The Morgan fingerprint density at radius 3 is 2.75 bits per heavy atom. The Morgan fingerprint density at radius 2 is 2.06 bits per heavy atom. The number of amides is 3. The van der Waals surface area contributed by atoms with Gasteiger partial charge in [0.15, 0.2) is 0 Å². The number of carbonyl (C=O) groups excluding carboxylic acids is 3. The molecule has 170 valence electrons. The number of halogens is 2. The first-order chi connectivity index (χ1) is 15.4. The number of anilines is 2. The largest absolute Gasteiger partial charge is 0.494 e. The second-order valence-electron chi connectivity index (χ2n) is 7.00.